The standard InChI is InChI=1S/C14H18N2O/c1-3-5-14(17)16-13-8-7-12(6-4-9-15)10-11(13)2/h7-8,10H,3,5,9,15H2,1-2H3,(H,16,17). The minimum Gasteiger partial charge on any atom is -0.326 e. The van der Waals surface area contributed by atoms with Gasteiger partial charge in [0.2, 0.25) is 5.91 Å². The fourth-order valence-electron chi connectivity index (χ4n) is 1.47. The van der Waals surface area contributed by atoms with Crippen LogP contribution in [-0.4, -0.2) is 12.5 Å². The molecule has 0 bridgehead atoms. The van der Waals surface area contributed by atoms with E-state index < -0.39 is 0 Å². The highest BCUT2D eigenvalue weighted by molar-refractivity contribution is 5.91. The molecule has 0 spiro atoms. The molecule has 3 heteroatoms. The summed E-state index contributed by atoms with van der Waals surface area (Å²) in [5.41, 5.74) is 8.09. The maximum atomic E-state index is 11.5. The van der Waals surface area contributed by atoms with E-state index >= 15 is 0 Å². The fourth-order valence-corrected chi connectivity index (χ4v) is 1.47. The van der Waals surface area contributed by atoms with Crippen LogP contribution < -0.4 is 11.1 Å². The molecule has 0 aromatic heterocycles. The zero-order chi connectivity index (χ0) is 12.7. The lowest BCUT2D eigenvalue weighted by Gasteiger charge is -2.08. The van der Waals surface area contributed by atoms with Gasteiger partial charge >= 0.3 is 0 Å². The van der Waals surface area contributed by atoms with E-state index in [0.29, 0.717) is 13.0 Å². The van der Waals surface area contributed by atoms with Crippen molar-refractivity contribution in [2.75, 3.05) is 11.9 Å². The highest BCUT2D eigenvalue weighted by Crippen LogP contribution is 2.16. The van der Waals surface area contributed by atoms with Gasteiger partial charge in [0.15, 0.2) is 0 Å². The van der Waals surface area contributed by atoms with Gasteiger partial charge in [-0.2, -0.15) is 0 Å². The quantitative estimate of drug-likeness (QED) is 0.781. The third-order valence-electron chi connectivity index (χ3n) is 2.31. The second kappa shape index (κ2) is 6.72. The van der Waals surface area contributed by atoms with E-state index in [1.165, 1.54) is 0 Å². The number of anilines is 1. The lowest BCUT2D eigenvalue weighted by atomic mass is 10.1. The lowest BCUT2D eigenvalue weighted by molar-refractivity contribution is -0.116. The Balaban J connectivity index is 2.79. The van der Waals surface area contributed by atoms with Crippen LogP contribution in [0.4, 0.5) is 5.69 Å². The van der Waals surface area contributed by atoms with Crippen LogP contribution in [0.1, 0.15) is 30.9 Å². The van der Waals surface area contributed by atoms with Crippen LogP contribution in [0.25, 0.3) is 0 Å². The summed E-state index contributed by atoms with van der Waals surface area (Å²) in [4.78, 5) is 11.5. The second-order valence-corrected chi connectivity index (χ2v) is 3.83. The molecular formula is C14H18N2O. The molecule has 1 amide bonds. The van der Waals surface area contributed by atoms with Gasteiger partial charge in [-0.25, -0.2) is 0 Å². The van der Waals surface area contributed by atoms with Crippen molar-refractivity contribution in [3.63, 3.8) is 0 Å². The number of benzene rings is 1. The number of amides is 1. The van der Waals surface area contributed by atoms with E-state index in [2.05, 4.69) is 17.2 Å². The number of hydrogen-bond acceptors (Lipinski definition) is 2. The average Bonchev–Trinajstić information content (AvgIpc) is 2.30. The third-order valence-corrected chi connectivity index (χ3v) is 2.31. The summed E-state index contributed by atoms with van der Waals surface area (Å²) in [7, 11) is 0. The van der Waals surface area contributed by atoms with Crippen LogP contribution in [0.3, 0.4) is 0 Å². The van der Waals surface area contributed by atoms with Crippen LogP contribution in [0.2, 0.25) is 0 Å². The molecule has 0 fully saturated rings. The number of hydrogen-bond donors (Lipinski definition) is 2. The van der Waals surface area contributed by atoms with Crippen molar-refractivity contribution in [1.29, 1.82) is 0 Å². The van der Waals surface area contributed by atoms with Gasteiger partial charge in [0, 0.05) is 17.7 Å². The van der Waals surface area contributed by atoms with Crippen molar-refractivity contribution in [3.05, 3.63) is 29.3 Å². The predicted octanol–water partition coefficient (Wildman–Crippen LogP) is 2.04. The summed E-state index contributed by atoms with van der Waals surface area (Å²) >= 11 is 0. The minimum atomic E-state index is 0.0522. The monoisotopic (exact) mass is 230 g/mol. The molecule has 0 atom stereocenters. The smallest absolute Gasteiger partial charge is 0.224 e. The van der Waals surface area contributed by atoms with Gasteiger partial charge in [0.1, 0.15) is 0 Å². The topological polar surface area (TPSA) is 55.1 Å². The van der Waals surface area contributed by atoms with Crippen LogP contribution in [0.5, 0.6) is 0 Å². The zero-order valence-electron chi connectivity index (χ0n) is 10.3. The van der Waals surface area contributed by atoms with Gasteiger partial charge in [-0.15, -0.1) is 0 Å². The highest BCUT2D eigenvalue weighted by atomic mass is 16.1. The number of carbonyl (C=O) groups excluding carboxylic acids is 1. The Morgan fingerprint density at radius 2 is 2.24 bits per heavy atom. The van der Waals surface area contributed by atoms with Crippen LogP contribution in [0.15, 0.2) is 18.2 Å². The van der Waals surface area contributed by atoms with Crippen molar-refractivity contribution in [2.24, 2.45) is 5.73 Å². The van der Waals surface area contributed by atoms with Crippen molar-refractivity contribution < 1.29 is 4.79 Å². The number of rotatable bonds is 3. The summed E-state index contributed by atoms with van der Waals surface area (Å²) in [6, 6.07) is 5.71. The molecule has 0 aliphatic heterocycles. The van der Waals surface area contributed by atoms with E-state index in [0.717, 1.165) is 23.2 Å². The van der Waals surface area contributed by atoms with Crippen molar-refractivity contribution in [1.82, 2.24) is 0 Å². The Hall–Kier alpha value is -1.79. The third kappa shape index (κ3) is 4.29. The molecule has 90 valence electrons. The first-order chi connectivity index (χ1) is 8.17. The Kier molecular flexibility index (Phi) is 5.25. The summed E-state index contributed by atoms with van der Waals surface area (Å²) in [5.74, 6) is 5.82. The maximum Gasteiger partial charge on any atom is 0.224 e. The van der Waals surface area contributed by atoms with Crippen LogP contribution >= 0.6 is 0 Å². The Labute approximate surface area is 102 Å². The number of carbonyl (C=O) groups is 1. The molecule has 3 N–H and O–H groups in total. The van der Waals surface area contributed by atoms with E-state index in [4.69, 9.17) is 5.73 Å². The van der Waals surface area contributed by atoms with Gasteiger partial charge < -0.3 is 11.1 Å². The van der Waals surface area contributed by atoms with Crippen LogP contribution in [-0.2, 0) is 4.79 Å². The fraction of sp³-hybridized carbons (Fsp3) is 0.357. The van der Waals surface area contributed by atoms with E-state index in [9.17, 15) is 4.79 Å². The van der Waals surface area contributed by atoms with Gasteiger partial charge in [0.25, 0.3) is 0 Å². The van der Waals surface area contributed by atoms with Crippen molar-refractivity contribution >= 4 is 11.6 Å². The summed E-state index contributed by atoms with van der Waals surface area (Å²) < 4.78 is 0. The summed E-state index contributed by atoms with van der Waals surface area (Å²) in [6.07, 6.45) is 1.40. The first kappa shape index (κ1) is 13.3. The Morgan fingerprint density at radius 3 is 2.82 bits per heavy atom. The average molecular weight is 230 g/mol. The molecular weight excluding hydrogens is 212 g/mol. The molecule has 0 radical (unpaired) electrons. The van der Waals surface area contributed by atoms with Gasteiger partial charge in [-0.1, -0.05) is 18.8 Å². The second-order valence-electron chi connectivity index (χ2n) is 3.83. The van der Waals surface area contributed by atoms with E-state index in [1.807, 2.05) is 32.0 Å². The molecule has 0 saturated carbocycles. The Bertz CT molecular complexity index is 455. The lowest BCUT2D eigenvalue weighted by Crippen LogP contribution is -2.11. The summed E-state index contributed by atoms with van der Waals surface area (Å²) in [6.45, 7) is 4.29. The van der Waals surface area contributed by atoms with Gasteiger partial charge in [-0.05, 0) is 37.1 Å². The predicted molar refractivity (Wildman–Crippen MR) is 70.6 cm³/mol. The number of nitrogens with one attached hydrogen (secondary N) is 1. The Morgan fingerprint density at radius 1 is 1.47 bits per heavy atom. The molecule has 0 unspecified atom stereocenters. The molecule has 0 aliphatic rings. The van der Waals surface area contributed by atoms with Crippen molar-refractivity contribution in [3.8, 4) is 11.8 Å². The zero-order valence-corrected chi connectivity index (χ0v) is 10.3. The molecule has 17 heavy (non-hydrogen) atoms. The first-order valence-corrected chi connectivity index (χ1v) is 5.76. The van der Waals surface area contributed by atoms with Crippen molar-refractivity contribution in [2.45, 2.75) is 26.7 Å². The molecule has 0 heterocycles. The van der Waals surface area contributed by atoms with Gasteiger partial charge in [0.05, 0.1) is 6.54 Å². The van der Waals surface area contributed by atoms with E-state index in [1.54, 1.807) is 0 Å². The molecule has 1 aromatic rings. The number of nitrogens with two attached hydrogens (primary N) is 1. The molecule has 0 saturated heterocycles. The number of aryl methyl sites for hydroxylation is 1. The van der Waals surface area contributed by atoms with E-state index in [-0.39, 0.29) is 5.91 Å². The minimum absolute atomic E-state index is 0.0522. The summed E-state index contributed by atoms with van der Waals surface area (Å²) in [5, 5.41) is 2.88. The molecule has 1 aromatic carbocycles. The van der Waals surface area contributed by atoms with Gasteiger partial charge in [-0.3, -0.25) is 4.79 Å². The molecule has 1 rings (SSSR count). The SMILES string of the molecule is CCCC(=O)Nc1ccc(C#CCN)cc1C. The largest absolute Gasteiger partial charge is 0.326 e. The highest BCUT2D eigenvalue weighted by Gasteiger charge is 2.03. The molecule has 0 aliphatic carbocycles. The molecule has 3 nitrogen and oxygen atoms in total. The normalized spacial score (nSPS) is 9.35. The maximum absolute atomic E-state index is 11.5. The van der Waals surface area contributed by atoms with Crippen LogP contribution in [0, 0.1) is 18.8 Å². The first-order valence-electron chi connectivity index (χ1n) is 5.76.